The van der Waals surface area contributed by atoms with Crippen LogP contribution in [0.4, 0.5) is 9.18 Å². The van der Waals surface area contributed by atoms with Gasteiger partial charge in [0.25, 0.3) is 0 Å². The minimum Gasteiger partial charge on any atom is -0.489 e. The third-order valence-electron chi connectivity index (χ3n) is 4.54. The number of carboxylic acid groups (broad SMARTS) is 1. The first-order valence-corrected chi connectivity index (χ1v) is 9.38. The molecule has 2 aromatic rings. The fraction of sp³-hybridized carbons (Fsp3) is 0.364. The highest BCUT2D eigenvalue weighted by atomic mass is 19.1. The number of benzene rings is 2. The van der Waals surface area contributed by atoms with Crippen LogP contribution in [0.5, 0.6) is 5.75 Å². The van der Waals surface area contributed by atoms with Gasteiger partial charge in [-0.05, 0) is 44.4 Å². The van der Waals surface area contributed by atoms with Crippen molar-refractivity contribution in [3.63, 3.8) is 0 Å². The Morgan fingerprint density at radius 2 is 1.86 bits per heavy atom. The highest BCUT2D eigenvalue weighted by molar-refractivity contribution is 5.89. The van der Waals surface area contributed by atoms with Crippen molar-refractivity contribution in [1.82, 2.24) is 4.90 Å². The van der Waals surface area contributed by atoms with E-state index in [1.165, 1.54) is 11.0 Å². The first kappa shape index (κ1) is 20.6. The van der Waals surface area contributed by atoms with E-state index in [1.54, 1.807) is 20.8 Å². The molecule has 0 saturated heterocycles. The van der Waals surface area contributed by atoms with Gasteiger partial charge in [0.2, 0.25) is 0 Å². The molecule has 0 atom stereocenters. The fourth-order valence-corrected chi connectivity index (χ4v) is 3.18. The number of carboxylic acids is 1. The lowest BCUT2D eigenvalue weighted by Crippen LogP contribution is -2.40. The van der Waals surface area contributed by atoms with Gasteiger partial charge < -0.3 is 19.5 Å². The Kier molecular flexibility index (Phi) is 5.77. The average Bonchev–Trinajstić information content (AvgIpc) is 2.66. The topological polar surface area (TPSA) is 76.1 Å². The molecule has 2 aromatic carbocycles. The van der Waals surface area contributed by atoms with Gasteiger partial charge in [0.1, 0.15) is 23.8 Å². The van der Waals surface area contributed by atoms with E-state index in [-0.39, 0.29) is 37.4 Å². The fourth-order valence-electron chi connectivity index (χ4n) is 3.18. The predicted molar refractivity (Wildman–Crippen MR) is 104 cm³/mol. The van der Waals surface area contributed by atoms with Crippen LogP contribution in [0.3, 0.4) is 0 Å². The largest absolute Gasteiger partial charge is 0.489 e. The predicted octanol–water partition coefficient (Wildman–Crippen LogP) is 4.40. The summed E-state index contributed by atoms with van der Waals surface area (Å²) in [5.74, 6) is -1.87. The zero-order valence-electron chi connectivity index (χ0n) is 16.7. The van der Waals surface area contributed by atoms with E-state index in [9.17, 15) is 19.1 Å². The summed E-state index contributed by atoms with van der Waals surface area (Å²) in [6.07, 6.45) is -0.316. The molecular weight excluding hydrogens is 377 g/mol. The minimum absolute atomic E-state index is 0.0885. The molecule has 1 N–H and O–H groups in total. The Morgan fingerprint density at radius 1 is 1.17 bits per heavy atom. The van der Waals surface area contributed by atoms with Crippen LogP contribution >= 0.6 is 0 Å². The van der Waals surface area contributed by atoms with Crippen LogP contribution in [-0.2, 0) is 24.3 Å². The van der Waals surface area contributed by atoms with E-state index in [2.05, 4.69) is 0 Å². The molecule has 29 heavy (non-hydrogen) atoms. The van der Waals surface area contributed by atoms with Crippen LogP contribution < -0.4 is 4.74 Å². The lowest BCUT2D eigenvalue weighted by atomic mass is 9.95. The van der Waals surface area contributed by atoms with Crippen molar-refractivity contribution in [2.75, 3.05) is 6.54 Å². The highest BCUT2D eigenvalue weighted by Gasteiger charge is 2.31. The Hall–Kier alpha value is -3.09. The maximum Gasteiger partial charge on any atom is 0.410 e. The van der Waals surface area contributed by atoms with E-state index in [1.807, 2.05) is 30.3 Å². The van der Waals surface area contributed by atoms with Crippen molar-refractivity contribution in [3.8, 4) is 5.75 Å². The van der Waals surface area contributed by atoms with Crippen molar-refractivity contribution in [2.24, 2.45) is 0 Å². The molecular formula is C22H24FNO5. The third kappa shape index (κ3) is 4.85. The lowest BCUT2D eigenvalue weighted by molar-refractivity contribution is 0.0220. The van der Waals surface area contributed by atoms with Crippen LogP contribution in [0.15, 0.2) is 36.4 Å². The molecule has 0 aliphatic carbocycles. The van der Waals surface area contributed by atoms with Crippen molar-refractivity contribution in [3.05, 3.63) is 64.5 Å². The molecule has 6 nitrogen and oxygen atoms in total. The number of ether oxygens (including phenoxy) is 2. The highest BCUT2D eigenvalue weighted by Crippen LogP contribution is 2.34. The second kappa shape index (κ2) is 8.11. The number of aromatic carboxylic acids is 1. The standard InChI is InChI=1S/C22H24FNO5/c1-22(2,3)29-21(27)24-10-9-15-17(12-24)18(11-16(19(15)23)20(25)26)28-13-14-7-5-4-6-8-14/h4-8,11H,9-10,12-13H2,1-3H3,(H,25,26). The maximum absolute atomic E-state index is 14.8. The van der Waals surface area contributed by atoms with Gasteiger partial charge in [-0.1, -0.05) is 30.3 Å². The number of fused-ring (bicyclic) bond motifs is 1. The van der Waals surface area contributed by atoms with Crippen LogP contribution in [0.25, 0.3) is 0 Å². The molecule has 0 radical (unpaired) electrons. The normalized spacial score (nSPS) is 13.6. The monoisotopic (exact) mass is 401 g/mol. The van der Waals surface area contributed by atoms with Gasteiger partial charge in [-0.25, -0.2) is 14.0 Å². The zero-order chi connectivity index (χ0) is 21.2. The van der Waals surface area contributed by atoms with Gasteiger partial charge in [-0.3, -0.25) is 0 Å². The van der Waals surface area contributed by atoms with Gasteiger partial charge in [0.05, 0.1) is 12.1 Å². The summed E-state index contributed by atoms with van der Waals surface area (Å²) in [6.45, 7) is 5.84. The number of halogens is 1. The Bertz CT molecular complexity index is 921. The lowest BCUT2D eigenvalue weighted by Gasteiger charge is -2.32. The van der Waals surface area contributed by atoms with Crippen LogP contribution in [-0.4, -0.2) is 34.2 Å². The number of nitrogens with zero attached hydrogens (tertiary/aromatic N) is 1. The summed E-state index contributed by atoms with van der Waals surface area (Å²) in [5.41, 5.74) is 0.552. The van der Waals surface area contributed by atoms with Crippen molar-refractivity contribution in [2.45, 2.75) is 45.9 Å². The second-order valence-corrected chi connectivity index (χ2v) is 7.92. The molecule has 0 saturated carbocycles. The molecule has 0 unspecified atom stereocenters. The molecule has 1 amide bonds. The summed E-state index contributed by atoms with van der Waals surface area (Å²) in [4.78, 5) is 25.4. The van der Waals surface area contributed by atoms with Gasteiger partial charge in [-0.2, -0.15) is 0 Å². The number of rotatable bonds is 4. The molecule has 154 valence electrons. The minimum atomic E-state index is -1.36. The summed E-state index contributed by atoms with van der Waals surface area (Å²) in [5, 5.41) is 9.36. The van der Waals surface area contributed by atoms with E-state index in [0.29, 0.717) is 5.56 Å². The number of carbonyl (C=O) groups excluding carboxylic acids is 1. The van der Waals surface area contributed by atoms with Crippen LogP contribution in [0, 0.1) is 5.82 Å². The number of carbonyl (C=O) groups is 2. The van der Waals surface area contributed by atoms with Crippen molar-refractivity contribution < 1.29 is 28.6 Å². The van der Waals surface area contributed by atoms with E-state index >= 15 is 0 Å². The molecule has 0 fully saturated rings. The summed E-state index contributed by atoms with van der Waals surface area (Å²) in [7, 11) is 0. The number of hydrogen-bond acceptors (Lipinski definition) is 4. The smallest absolute Gasteiger partial charge is 0.410 e. The molecule has 3 rings (SSSR count). The molecule has 1 aliphatic heterocycles. The Labute approximate surface area is 168 Å². The quantitative estimate of drug-likeness (QED) is 0.822. The maximum atomic E-state index is 14.8. The second-order valence-electron chi connectivity index (χ2n) is 7.92. The van der Waals surface area contributed by atoms with Gasteiger partial charge in [0.15, 0.2) is 0 Å². The van der Waals surface area contributed by atoms with E-state index in [0.717, 1.165) is 5.56 Å². The van der Waals surface area contributed by atoms with Crippen LogP contribution in [0.1, 0.15) is 47.8 Å². The van der Waals surface area contributed by atoms with E-state index < -0.39 is 29.0 Å². The Morgan fingerprint density at radius 3 is 2.48 bits per heavy atom. The summed E-state index contributed by atoms with van der Waals surface area (Å²) < 4.78 is 26.0. The summed E-state index contributed by atoms with van der Waals surface area (Å²) in [6, 6.07) is 10.6. The molecule has 0 bridgehead atoms. The third-order valence-corrected chi connectivity index (χ3v) is 4.54. The van der Waals surface area contributed by atoms with Crippen molar-refractivity contribution in [1.29, 1.82) is 0 Å². The van der Waals surface area contributed by atoms with E-state index in [4.69, 9.17) is 9.47 Å². The zero-order valence-corrected chi connectivity index (χ0v) is 16.7. The molecule has 7 heteroatoms. The first-order valence-electron chi connectivity index (χ1n) is 9.38. The Balaban J connectivity index is 1.92. The summed E-state index contributed by atoms with van der Waals surface area (Å²) >= 11 is 0. The molecule has 1 aliphatic rings. The molecule has 0 spiro atoms. The molecule has 0 aromatic heterocycles. The SMILES string of the molecule is CC(C)(C)OC(=O)N1CCc2c(F)c(C(=O)O)cc(OCc3ccccc3)c2C1. The van der Waals surface area contributed by atoms with Crippen LogP contribution in [0.2, 0.25) is 0 Å². The molecule has 1 heterocycles. The first-order chi connectivity index (χ1) is 13.7. The number of amides is 1. The van der Waals surface area contributed by atoms with Crippen molar-refractivity contribution >= 4 is 12.1 Å². The van der Waals surface area contributed by atoms with Gasteiger partial charge in [0, 0.05) is 12.1 Å². The number of hydrogen-bond donors (Lipinski definition) is 1. The van der Waals surface area contributed by atoms with Gasteiger partial charge >= 0.3 is 12.1 Å². The van der Waals surface area contributed by atoms with Gasteiger partial charge in [-0.15, -0.1) is 0 Å². The average molecular weight is 401 g/mol.